The molecule has 0 unspecified atom stereocenters. The van der Waals surface area contributed by atoms with Crippen molar-refractivity contribution in [1.29, 1.82) is 0 Å². The fourth-order valence-corrected chi connectivity index (χ4v) is 4.14. The molecule has 1 N–H and O–H groups in total. The predicted molar refractivity (Wildman–Crippen MR) is 105 cm³/mol. The Morgan fingerprint density at radius 1 is 1.12 bits per heavy atom. The van der Waals surface area contributed by atoms with E-state index in [0.29, 0.717) is 0 Å². The van der Waals surface area contributed by atoms with E-state index in [0.717, 1.165) is 54.4 Å². The van der Waals surface area contributed by atoms with Gasteiger partial charge in [-0.15, -0.1) is 0 Å². The van der Waals surface area contributed by atoms with Gasteiger partial charge in [0.1, 0.15) is 17.2 Å². The molecule has 1 saturated heterocycles. The van der Waals surface area contributed by atoms with Crippen molar-refractivity contribution in [2.75, 3.05) is 31.2 Å². The van der Waals surface area contributed by atoms with Crippen molar-refractivity contribution in [1.82, 2.24) is 20.0 Å². The average Bonchev–Trinajstić information content (AvgIpc) is 3.41. The zero-order chi connectivity index (χ0) is 17.5. The minimum Gasteiger partial charge on any atom is -0.378 e. The van der Waals surface area contributed by atoms with Crippen LogP contribution in [0.3, 0.4) is 0 Å². The van der Waals surface area contributed by atoms with E-state index in [2.05, 4.69) is 56.2 Å². The molecule has 1 aliphatic rings. The minimum atomic E-state index is 0.760. The summed E-state index contributed by atoms with van der Waals surface area (Å²) in [4.78, 5) is 2.31. The van der Waals surface area contributed by atoms with E-state index >= 15 is 0 Å². The number of morpholine rings is 1. The Bertz CT molecular complexity index is 1040. The molecular weight excluding hydrogens is 346 g/mol. The summed E-state index contributed by atoms with van der Waals surface area (Å²) in [6.45, 7) is 3.30. The SMILES string of the molecule is Cn1nc(-c2n[nH]c3ccc(-c4ccsc4)cc23)cc1N1CCOCC1. The van der Waals surface area contributed by atoms with Crippen LogP contribution in [0, 0.1) is 0 Å². The molecule has 3 aromatic heterocycles. The fourth-order valence-electron chi connectivity index (χ4n) is 3.48. The standard InChI is InChI=1S/C19H19N5OS/c1-23-18(24-5-7-25-8-6-24)11-17(22-23)19-15-10-13(14-4-9-26-12-14)2-3-16(15)20-21-19/h2-4,9-12H,5-8H2,1H3,(H,20,21). The molecule has 0 radical (unpaired) electrons. The van der Waals surface area contributed by atoms with Gasteiger partial charge in [-0.25, -0.2) is 0 Å². The first-order chi connectivity index (χ1) is 12.8. The maximum absolute atomic E-state index is 5.46. The van der Waals surface area contributed by atoms with Crippen LogP contribution in [0.4, 0.5) is 5.82 Å². The Labute approximate surface area is 155 Å². The number of nitrogens with zero attached hydrogens (tertiary/aromatic N) is 4. The van der Waals surface area contributed by atoms with Crippen LogP contribution >= 0.6 is 11.3 Å². The number of hydrogen-bond donors (Lipinski definition) is 1. The third-order valence-corrected chi connectivity index (χ3v) is 5.53. The van der Waals surface area contributed by atoms with Gasteiger partial charge in [-0.05, 0) is 40.1 Å². The van der Waals surface area contributed by atoms with Gasteiger partial charge in [-0.2, -0.15) is 21.5 Å². The Morgan fingerprint density at radius 3 is 2.81 bits per heavy atom. The van der Waals surface area contributed by atoms with Crippen molar-refractivity contribution < 1.29 is 4.74 Å². The highest BCUT2D eigenvalue weighted by Gasteiger charge is 2.19. The largest absolute Gasteiger partial charge is 0.378 e. The van der Waals surface area contributed by atoms with E-state index in [1.807, 2.05) is 11.7 Å². The van der Waals surface area contributed by atoms with E-state index in [1.165, 1.54) is 11.1 Å². The second-order valence-electron chi connectivity index (χ2n) is 6.46. The van der Waals surface area contributed by atoms with Crippen LogP contribution in [-0.2, 0) is 11.8 Å². The van der Waals surface area contributed by atoms with E-state index in [-0.39, 0.29) is 0 Å². The lowest BCUT2D eigenvalue weighted by Gasteiger charge is -2.28. The third kappa shape index (κ3) is 2.60. The van der Waals surface area contributed by atoms with E-state index in [9.17, 15) is 0 Å². The molecule has 1 aromatic carbocycles. The molecule has 4 heterocycles. The van der Waals surface area contributed by atoms with Crippen LogP contribution in [0.2, 0.25) is 0 Å². The van der Waals surface area contributed by atoms with Crippen LogP contribution < -0.4 is 4.90 Å². The van der Waals surface area contributed by atoms with Gasteiger partial charge >= 0.3 is 0 Å². The number of aromatic nitrogens is 4. The van der Waals surface area contributed by atoms with Gasteiger partial charge in [0.2, 0.25) is 0 Å². The van der Waals surface area contributed by atoms with Gasteiger partial charge in [0.05, 0.1) is 18.7 Å². The molecule has 1 aliphatic heterocycles. The van der Waals surface area contributed by atoms with Gasteiger partial charge in [0.25, 0.3) is 0 Å². The fraction of sp³-hybridized carbons (Fsp3) is 0.263. The number of aryl methyl sites for hydroxylation is 1. The zero-order valence-corrected chi connectivity index (χ0v) is 15.3. The number of thiophene rings is 1. The molecule has 0 atom stereocenters. The number of aromatic amines is 1. The molecule has 0 aliphatic carbocycles. The molecule has 5 rings (SSSR count). The number of benzene rings is 1. The number of H-pyrrole nitrogens is 1. The molecule has 4 aromatic rings. The first-order valence-electron chi connectivity index (χ1n) is 8.67. The number of rotatable bonds is 3. The smallest absolute Gasteiger partial charge is 0.127 e. The highest BCUT2D eigenvalue weighted by atomic mass is 32.1. The molecular formula is C19H19N5OS. The molecule has 0 saturated carbocycles. The lowest BCUT2D eigenvalue weighted by Crippen LogP contribution is -2.37. The van der Waals surface area contributed by atoms with Crippen molar-refractivity contribution in [3.8, 4) is 22.5 Å². The molecule has 0 spiro atoms. The molecule has 26 heavy (non-hydrogen) atoms. The van der Waals surface area contributed by atoms with Crippen LogP contribution in [0.5, 0.6) is 0 Å². The van der Waals surface area contributed by atoms with Crippen LogP contribution in [0.15, 0.2) is 41.1 Å². The summed E-state index contributed by atoms with van der Waals surface area (Å²) in [6, 6.07) is 10.7. The molecule has 6 nitrogen and oxygen atoms in total. The first kappa shape index (κ1) is 15.6. The third-order valence-electron chi connectivity index (χ3n) is 4.85. The predicted octanol–water partition coefficient (Wildman–Crippen LogP) is 3.53. The first-order valence-corrected chi connectivity index (χ1v) is 9.62. The molecule has 0 bridgehead atoms. The maximum atomic E-state index is 5.46. The van der Waals surface area contributed by atoms with Crippen molar-refractivity contribution in [3.05, 3.63) is 41.1 Å². The van der Waals surface area contributed by atoms with E-state index in [1.54, 1.807) is 11.3 Å². The summed E-state index contributed by atoms with van der Waals surface area (Å²) in [5, 5.41) is 17.8. The summed E-state index contributed by atoms with van der Waals surface area (Å²) in [7, 11) is 1.99. The zero-order valence-electron chi connectivity index (χ0n) is 14.5. The van der Waals surface area contributed by atoms with E-state index < -0.39 is 0 Å². The highest BCUT2D eigenvalue weighted by Crippen LogP contribution is 2.32. The van der Waals surface area contributed by atoms with Gasteiger partial charge in [-0.3, -0.25) is 9.78 Å². The second kappa shape index (κ2) is 6.26. The maximum Gasteiger partial charge on any atom is 0.127 e. The van der Waals surface area contributed by atoms with Gasteiger partial charge in [0, 0.05) is 31.6 Å². The second-order valence-corrected chi connectivity index (χ2v) is 7.24. The number of nitrogens with one attached hydrogen (secondary N) is 1. The highest BCUT2D eigenvalue weighted by molar-refractivity contribution is 7.08. The number of hydrogen-bond acceptors (Lipinski definition) is 5. The number of anilines is 1. The molecule has 0 amide bonds. The summed E-state index contributed by atoms with van der Waals surface area (Å²) in [5.41, 5.74) is 5.25. The van der Waals surface area contributed by atoms with Crippen molar-refractivity contribution >= 4 is 28.1 Å². The van der Waals surface area contributed by atoms with Crippen molar-refractivity contribution in [2.45, 2.75) is 0 Å². The number of ether oxygens (including phenoxy) is 1. The van der Waals surface area contributed by atoms with Gasteiger partial charge < -0.3 is 9.64 Å². The monoisotopic (exact) mass is 365 g/mol. The quantitative estimate of drug-likeness (QED) is 0.603. The summed E-state index contributed by atoms with van der Waals surface area (Å²) >= 11 is 1.71. The van der Waals surface area contributed by atoms with Gasteiger partial charge in [0.15, 0.2) is 0 Å². The van der Waals surface area contributed by atoms with Crippen molar-refractivity contribution in [2.24, 2.45) is 7.05 Å². The Kier molecular flexibility index (Phi) is 3.76. The lowest BCUT2D eigenvalue weighted by atomic mass is 10.1. The molecule has 132 valence electrons. The molecule has 7 heteroatoms. The van der Waals surface area contributed by atoms with Crippen LogP contribution in [0.25, 0.3) is 33.4 Å². The normalized spacial score (nSPS) is 15.0. The van der Waals surface area contributed by atoms with Crippen molar-refractivity contribution in [3.63, 3.8) is 0 Å². The van der Waals surface area contributed by atoms with Crippen LogP contribution in [-0.4, -0.2) is 46.3 Å². The van der Waals surface area contributed by atoms with Crippen LogP contribution in [0.1, 0.15) is 0 Å². The number of fused-ring (bicyclic) bond motifs is 1. The minimum absolute atomic E-state index is 0.760. The summed E-state index contributed by atoms with van der Waals surface area (Å²) in [5.74, 6) is 1.11. The Morgan fingerprint density at radius 2 is 2.00 bits per heavy atom. The Balaban J connectivity index is 1.57. The Hall–Kier alpha value is -2.64. The summed E-state index contributed by atoms with van der Waals surface area (Å²) in [6.07, 6.45) is 0. The molecule has 1 fully saturated rings. The summed E-state index contributed by atoms with van der Waals surface area (Å²) < 4.78 is 7.39. The lowest BCUT2D eigenvalue weighted by molar-refractivity contribution is 0.122. The van der Waals surface area contributed by atoms with Gasteiger partial charge in [-0.1, -0.05) is 6.07 Å². The average molecular weight is 365 g/mol. The van der Waals surface area contributed by atoms with E-state index in [4.69, 9.17) is 9.84 Å². The topological polar surface area (TPSA) is 59.0 Å².